The molecule has 3 saturated heterocycles. The van der Waals surface area contributed by atoms with Crippen LogP contribution in [0.5, 0.6) is 0 Å². The van der Waals surface area contributed by atoms with Gasteiger partial charge in [-0.05, 0) is 44.9 Å². The summed E-state index contributed by atoms with van der Waals surface area (Å²) in [6, 6.07) is -2.53. The Bertz CT molecular complexity index is 2010. The number of rotatable bonds is 57. The van der Waals surface area contributed by atoms with E-state index < -0.39 is 148 Å². The average Bonchev–Trinajstić information content (AvgIpc) is 0.760. The van der Waals surface area contributed by atoms with Gasteiger partial charge in [0.15, 0.2) is 12.6 Å². The maximum Gasteiger partial charge on any atom is 0.364 e. The summed E-state index contributed by atoms with van der Waals surface area (Å²) in [7, 11) is 0. The fourth-order valence-corrected chi connectivity index (χ4v) is 13.0. The summed E-state index contributed by atoms with van der Waals surface area (Å²) in [6.45, 7) is 2.21. The number of amides is 2. The van der Waals surface area contributed by atoms with E-state index in [0.29, 0.717) is 19.3 Å². The van der Waals surface area contributed by atoms with E-state index in [2.05, 4.69) is 48.8 Å². The number of allylic oxidation sites excluding steroid dienone is 4. The Hall–Kier alpha value is -2.79. The molecule has 0 aromatic heterocycles. The van der Waals surface area contributed by atoms with E-state index in [-0.39, 0.29) is 18.9 Å². The van der Waals surface area contributed by atoms with Gasteiger partial charge in [-0.2, -0.15) is 0 Å². The molecule has 95 heavy (non-hydrogen) atoms. The molecule has 0 aromatic carbocycles. The molecular weight excluding hydrogens is 1230 g/mol. The first-order chi connectivity index (χ1) is 45.9. The summed E-state index contributed by atoms with van der Waals surface area (Å²) in [6.07, 6.45) is 24.7. The third kappa shape index (κ3) is 34.0. The molecule has 0 aromatic rings. The predicted octanol–water partition coefficient (Wildman–Crippen LogP) is 8.01. The molecule has 23 nitrogen and oxygen atoms in total. The fourth-order valence-electron chi connectivity index (χ4n) is 13.0. The van der Waals surface area contributed by atoms with Crippen molar-refractivity contribution in [3.63, 3.8) is 0 Å². The molecular formula is C72H132N2O21. The van der Waals surface area contributed by atoms with Crippen molar-refractivity contribution in [3.8, 4) is 0 Å². The third-order valence-corrected chi connectivity index (χ3v) is 18.9. The van der Waals surface area contributed by atoms with Crippen LogP contribution in [-0.2, 0) is 42.8 Å². The molecule has 0 aliphatic carbocycles. The standard InChI is InChI=1S/C72H132N2O21/c1-4-6-8-10-12-14-16-18-20-21-22-23-24-25-26-27-28-29-30-31-32-34-36-38-40-42-44-46-59(82)74-53(54(79)45-43-41-39-37-35-33-19-17-15-13-11-9-7-5-2)51-90-69-64(86)63(85)66(58(50-77)92-69)93-70-65(87)68(62(84)57(49-76)91-70)95-72(71(88)89)47-55(80)60(73-52(3)78)67(94-72)61(83)56(81)48-75/h22-23,25-26,53-58,60-70,75-77,79-81,83-87H,4-21,24,27-51H2,1-3H3,(H,73,78)(H,74,82)(H,88,89)/b23-22-,26-25-. The zero-order chi connectivity index (χ0) is 69.6. The number of carboxylic acids is 1. The Balaban J connectivity index is 1.52. The van der Waals surface area contributed by atoms with Gasteiger partial charge in [0.05, 0.1) is 50.7 Å². The van der Waals surface area contributed by atoms with Crippen molar-refractivity contribution in [3.05, 3.63) is 24.3 Å². The highest BCUT2D eigenvalue weighted by molar-refractivity contribution is 5.77. The zero-order valence-electron chi connectivity index (χ0n) is 58.3. The normalized spacial score (nSPS) is 27.8. The minimum absolute atomic E-state index is 0.221. The number of carboxylic acid groups (broad SMARTS) is 1. The molecule has 0 saturated carbocycles. The predicted molar refractivity (Wildman–Crippen MR) is 361 cm³/mol. The van der Waals surface area contributed by atoms with Gasteiger partial charge in [0, 0.05) is 19.8 Å². The minimum Gasteiger partial charge on any atom is -0.477 e. The second kappa shape index (κ2) is 52.2. The van der Waals surface area contributed by atoms with Crippen molar-refractivity contribution in [2.75, 3.05) is 26.4 Å². The molecule has 18 atom stereocenters. The number of ether oxygens (including phenoxy) is 6. The number of hydrogen-bond donors (Lipinski definition) is 14. The van der Waals surface area contributed by atoms with Gasteiger partial charge in [0.2, 0.25) is 11.8 Å². The lowest BCUT2D eigenvalue weighted by Crippen LogP contribution is -2.70. The molecule has 18 unspecified atom stereocenters. The summed E-state index contributed by atoms with van der Waals surface area (Å²) >= 11 is 0. The van der Waals surface area contributed by atoms with Crippen LogP contribution >= 0.6 is 0 Å². The lowest BCUT2D eigenvalue weighted by atomic mass is 9.88. The molecule has 3 aliphatic heterocycles. The fraction of sp³-hybridized carbons (Fsp3) is 0.903. The Morgan fingerprint density at radius 3 is 1.47 bits per heavy atom. The van der Waals surface area contributed by atoms with Gasteiger partial charge in [-0.25, -0.2) is 4.79 Å². The van der Waals surface area contributed by atoms with Crippen LogP contribution in [0.1, 0.15) is 278 Å². The Morgan fingerprint density at radius 2 is 1.01 bits per heavy atom. The molecule has 0 spiro atoms. The van der Waals surface area contributed by atoms with Gasteiger partial charge in [-0.3, -0.25) is 9.59 Å². The molecule has 14 N–H and O–H groups in total. The first-order valence-corrected chi connectivity index (χ1v) is 37.2. The summed E-state index contributed by atoms with van der Waals surface area (Å²) in [4.78, 5) is 38.6. The van der Waals surface area contributed by atoms with E-state index in [1.807, 2.05) is 0 Å². The van der Waals surface area contributed by atoms with Crippen LogP contribution in [0.25, 0.3) is 0 Å². The van der Waals surface area contributed by atoms with E-state index in [0.717, 1.165) is 71.1 Å². The maximum atomic E-state index is 13.5. The summed E-state index contributed by atoms with van der Waals surface area (Å²) < 4.78 is 34.9. The molecule has 0 radical (unpaired) electrons. The van der Waals surface area contributed by atoms with Crippen molar-refractivity contribution in [2.24, 2.45) is 0 Å². The number of unbranched alkanes of at least 4 members (excludes halogenated alkanes) is 33. The maximum absolute atomic E-state index is 13.5. The van der Waals surface area contributed by atoms with E-state index in [1.54, 1.807) is 0 Å². The topological polar surface area (TPSA) is 373 Å². The molecule has 23 heteroatoms. The Morgan fingerprint density at radius 1 is 0.547 bits per heavy atom. The number of aliphatic carboxylic acids is 1. The first-order valence-electron chi connectivity index (χ1n) is 37.2. The first kappa shape index (κ1) is 86.4. The molecule has 3 heterocycles. The van der Waals surface area contributed by atoms with Crippen LogP contribution in [0.4, 0.5) is 0 Å². The molecule has 2 amide bonds. The van der Waals surface area contributed by atoms with Gasteiger partial charge in [-0.1, -0.05) is 237 Å². The lowest BCUT2D eigenvalue weighted by molar-refractivity contribution is -0.386. The number of carbonyl (C=O) groups is 3. The molecule has 556 valence electrons. The highest BCUT2D eigenvalue weighted by atomic mass is 16.8. The molecule has 3 fully saturated rings. The van der Waals surface area contributed by atoms with Crippen LogP contribution in [0.2, 0.25) is 0 Å². The molecule has 3 rings (SSSR count). The summed E-state index contributed by atoms with van der Waals surface area (Å²) in [5, 5.41) is 136. The Kier molecular flexibility index (Phi) is 47.5. The van der Waals surface area contributed by atoms with Crippen molar-refractivity contribution < 1.29 is 104 Å². The van der Waals surface area contributed by atoms with Crippen LogP contribution in [0.15, 0.2) is 24.3 Å². The van der Waals surface area contributed by atoms with Crippen LogP contribution < -0.4 is 10.6 Å². The number of nitrogens with one attached hydrogen (secondary N) is 2. The summed E-state index contributed by atoms with van der Waals surface area (Å²) in [5.41, 5.74) is 0. The third-order valence-electron chi connectivity index (χ3n) is 18.9. The average molecular weight is 1360 g/mol. The van der Waals surface area contributed by atoms with Crippen molar-refractivity contribution >= 4 is 17.8 Å². The highest BCUT2D eigenvalue weighted by Gasteiger charge is 2.60. The van der Waals surface area contributed by atoms with Crippen LogP contribution in [0.3, 0.4) is 0 Å². The van der Waals surface area contributed by atoms with E-state index >= 15 is 0 Å². The number of aliphatic hydroxyl groups is 11. The van der Waals surface area contributed by atoms with Crippen molar-refractivity contribution in [1.82, 2.24) is 10.6 Å². The molecule has 3 aliphatic rings. The minimum atomic E-state index is -3.08. The monoisotopic (exact) mass is 1360 g/mol. The van der Waals surface area contributed by atoms with E-state index in [9.17, 15) is 75.7 Å². The molecule has 0 bridgehead atoms. The number of hydrogen-bond acceptors (Lipinski definition) is 20. The van der Waals surface area contributed by atoms with Crippen LogP contribution in [0, 0.1) is 0 Å². The summed E-state index contributed by atoms with van der Waals surface area (Å²) in [5.74, 6) is -6.10. The van der Waals surface area contributed by atoms with Crippen molar-refractivity contribution in [2.45, 2.75) is 387 Å². The van der Waals surface area contributed by atoms with Gasteiger partial charge in [0.25, 0.3) is 5.79 Å². The largest absolute Gasteiger partial charge is 0.477 e. The van der Waals surface area contributed by atoms with Gasteiger partial charge >= 0.3 is 5.97 Å². The lowest BCUT2D eigenvalue weighted by Gasteiger charge is -2.50. The van der Waals surface area contributed by atoms with Crippen molar-refractivity contribution in [1.29, 1.82) is 0 Å². The smallest absolute Gasteiger partial charge is 0.364 e. The van der Waals surface area contributed by atoms with E-state index in [4.69, 9.17) is 28.4 Å². The van der Waals surface area contributed by atoms with E-state index in [1.165, 1.54) is 161 Å². The number of aliphatic hydroxyl groups excluding tert-OH is 11. The Labute approximate surface area is 568 Å². The van der Waals surface area contributed by atoms with Gasteiger partial charge < -0.3 is 100 Å². The number of carbonyl (C=O) groups excluding carboxylic acids is 2. The zero-order valence-corrected chi connectivity index (χ0v) is 58.3. The highest BCUT2D eigenvalue weighted by Crippen LogP contribution is 2.39. The second-order valence-electron chi connectivity index (χ2n) is 27.2. The SMILES string of the molecule is CCCCCCCCCCC/C=C\C/C=C\CCCCCCCCCCCCCC(=O)NC(COC1OC(CO)C(OC2OC(CO)C(O)C(OC3(C(=O)O)CC(O)C(NC(C)=O)C(C(O)C(O)CO)O3)C2O)C(O)C1O)C(O)CCCCCCCCCCCCCCCC. The second-order valence-corrected chi connectivity index (χ2v) is 27.2. The quantitative estimate of drug-likeness (QED) is 0.0202. The van der Waals surface area contributed by atoms with Gasteiger partial charge in [0.1, 0.15) is 67.1 Å². The van der Waals surface area contributed by atoms with Crippen LogP contribution in [-0.4, -0.2) is 215 Å². The van der Waals surface area contributed by atoms with Gasteiger partial charge in [-0.15, -0.1) is 0 Å².